The Kier molecular flexibility index (Phi) is 7.40. The molecule has 0 radical (unpaired) electrons. The number of carbonyl (C=O) groups is 2. The molecule has 192 valence electrons. The Labute approximate surface area is 222 Å². The molecule has 0 spiro atoms. The topological polar surface area (TPSA) is 99.7 Å². The van der Waals surface area contributed by atoms with E-state index in [2.05, 4.69) is 20.8 Å². The number of morpholine rings is 1. The molecule has 37 heavy (non-hydrogen) atoms. The predicted molar refractivity (Wildman–Crippen MR) is 139 cm³/mol. The number of ether oxygens (including phenoxy) is 1. The highest BCUT2D eigenvalue weighted by atomic mass is 35.5. The number of benzene rings is 2. The quantitative estimate of drug-likeness (QED) is 0.467. The van der Waals surface area contributed by atoms with E-state index in [9.17, 15) is 14.0 Å². The first-order chi connectivity index (χ1) is 17.9. The Hall–Kier alpha value is -3.47. The molecule has 3 heterocycles. The molecule has 0 aliphatic carbocycles. The Bertz CT molecular complexity index is 1350. The minimum absolute atomic E-state index is 0.0425. The molecule has 1 aromatic heterocycles. The molecule has 0 saturated carbocycles. The molecule has 12 heteroatoms. The highest BCUT2D eigenvalue weighted by molar-refractivity contribution is 6.36. The van der Waals surface area contributed by atoms with Crippen molar-refractivity contribution in [2.24, 2.45) is 0 Å². The molecule has 3 aromatic rings. The van der Waals surface area contributed by atoms with Gasteiger partial charge in [-0.1, -0.05) is 29.3 Å². The van der Waals surface area contributed by atoms with Crippen molar-refractivity contribution in [2.45, 2.75) is 6.54 Å². The van der Waals surface area contributed by atoms with Crippen molar-refractivity contribution < 1.29 is 18.7 Å². The minimum atomic E-state index is -0.557. The van der Waals surface area contributed by atoms with Gasteiger partial charge in [0.1, 0.15) is 5.82 Å². The number of nitrogens with zero attached hydrogens (tertiary/aromatic N) is 4. The molecular formula is C25H23Cl2FN6O3. The summed E-state index contributed by atoms with van der Waals surface area (Å²) in [6.07, 6.45) is 0. The van der Waals surface area contributed by atoms with Crippen LogP contribution < -0.4 is 15.5 Å². The number of rotatable bonds is 5. The lowest BCUT2D eigenvalue weighted by atomic mass is 10.1. The molecule has 2 aliphatic rings. The van der Waals surface area contributed by atoms with Gasteiger partial charge in [0, 0.05) is 54.6 Å². The monoisotopic (exact) mass is 544 g/mol. The largest absolute Gasteiger partial charge is 0.378 e. The number of amides is 2. The average molecular weight is 545 g/mol. The van der Waals surface area contributed by atoms with Crippen molar-refractivity contribution in [3.8, 4) is 0 Å². The SMILES string of the molecule is O=C(Nc1cccc(C(=O)N2CCOCC2)c1)c1cc2c(nn1)NCCN2Cc1c(Cl)ccc(F)c1Cl. The molecule has 2 N–H and O–H groups in total. The van der Waals surface area contributed by atoms with Crippen molar-refractivity contribution in [2.75, 3.05) is 54.9 Å². The van der Waals surface area contributed by atoms with Crippen molar-refractivity contribution in [1.82, 2.24) is 15.1 Å². The average Bonchev–Trinajstić information content (AvgIpc) is 2.93. The zero-order valence-electron chi connectivity index (χ0n) is 19.6. The number of hydrogen-bond donors (Lipinski definition) is 2. The first-order valence-corrected chi connectivity index (χ1v) is 12.4. The minimum Gasteiger partial charge on any atom is -0.378 e. The summed E-state index contributed by atoms with van der Waals surface area (Å²) in [4.78, 5) is 29.5. The van der Waals surface area contributed by atoms with Crippen LogP contribution in [0.25, 0.3) is 0 Å². The van der Waals surface area contributed by atoms with Crippen LogP contribution in [0.3, 0.4) is 0 Å². The first-order valence-electron chi connectivity index (χ1n) is 11.7. The summed E-state index contributed by atoms with van der Waals surface area (Å²) in [6.45, 7) is 3.40. The van der Waals surface area contributed by atoms with Crippen molar-refractivity contribution in [1.29, 1.82) is 0 Å². The molecule has 0 bridgehead atoms. The van der Waals surface area contributed by atoms with Gasteiger partial charge in [-0.25, -0.2) is 4.39 Å². The van der Waals surface area contributed by atoms with E-state index in [0.717, 1.165) is 0 Å². The van der Waals surface area contributed by atoms with Crippen LogP contribution in [0.4, 0.5) is 21.6 Å². The van der Waals surface area contributed by atoms with Gasteiger partial charge in [0.25, 0.3) is 11.8 Å². The van der Waals surface area contributed by atoms with Gasteiger partial charge in [-0.05, 0) is 36.4 Å². The van der Waals surface area contributed by atoms with E-state index < -0.39 is 11.7 Å². The van der Waals surface area contributed by atoms with E-state index in [1.54, 1.807) is 35.2 Å². The van der Waals surface area contributed by atoms with E-state index >= 15 is 0 Å². The summed E-state index contributed by atoms with van der Waals surface area (Å²) in [5.41, 5.74) is 2.06. The zero-order valence-corrected chi connectivity index (χ0v) is 21.2. The summed E-state index contributed by atoms with van der Waals surface area (Å²) in [5.74, 6) is -0.675. The number of carbonyl (C=O) groups excluding carboxylic acids is 2. The maximum atomic E-state index is 14.0. The summed E-state index contributed by atoms with van der Waals surface area (Å²) < 4.78 is 19.4. The first kappa shape index (κ1) is 25.2. The van der Waals surface area contributed by atoms with Gasteiger partial charge in [-0.15, -0.1) is 10.2 Å². The second-order valence-electron chi connectivity index (χ2n) is 8.57. The van der Waals surface area contributed by atoms with E-state index in [4.69, 9.17) is 27.9 Å². The molecule has 5 rings (SSSR count). The third-order valence-electron chi connectivity index (χ3n) is 6.17. The lowest BCUT2D eigenvalue weighted by Gasteiger charge is -2.31. The third kappa shape index (κ3) is 5.46. The van der Waals surface area contributed by atoms with Gasteiger partial charge in [-0.3, -0.25) is 9.59 Å². The Morgan fingerprint density at radius 2 is 1.89 bits per heavy atom. The van der Waals surface area contributed by atoms with Gasteiger partial charge >= 0.3 is 0 Å². The van der Waals surface area contributed by atoms with Crippen LogP contribution in [-0.4, -0.2) is 66.3 Å². The highest BCUT2D eigenvalue weighted by Crippen LogP contribution is 2.33. The predicted octanol–water partition coefficient (Wildman–Crippen LogP) is 4.08. The molecule has 2 aliphatic heterocycles. The molecule has 1 fully saturated rings. The zero-order chi connectivity index (χ0) is 25.9. The maximum absolute atomic E-state index is 14.0. The standard InChI is InChI=1S/C25H23Cl2FN6O3/c26-18-4-5-19(28)22(27)17(18)14-34-7-6-29-23-21(34)13-20(31-32-23)24(35)30-16-3-1-2-15(12-16)25(36)33-8-10-37-11-9-33/h1-5,12-13H,6-11,14H2,(H,29,32)(H,30,35). The number of anilines is 3. The second kappa shape index (κ2) is 10.9. The second-order valence-corrected chi connectivity index (χ2v) is 9.36. The summed E-state index contributed by atoms with van der Waals surface area (Å²) in [7, 11) is 0. The summed E-state index contributed by atoms with van der Waals surface area (Å²) >= 11 is 12.5. The van der Waals surface area contributed by atoms with E-state index in [1.807, 2.05) is 4.90 Å². The van der Waals surface area contributed by atoms with E-state index in [1.165, 1.54) is 12.1 Å². The van der Waals surface area contributed by atoms with Crippen LogP contribution in [0.1, 0.15) is 26.4 Å². The van der Waals surface area contributed by atoms with Gasteiger partial charge in [0.15, 0.2) is 11.5 Å². The molecule has 2 aromatic carbocycles. The summed E-state index contributed by atoms with van der Waals surface area (Å²) in [6, 6.07) is 11.0. The van der Waals surface area contributed by atoms with Gasteiger partial charge in [0.2, 0.25) is 0 Å². The fourth-order valence-electron chi connectivity index (χ4n) is 4.23. The number of hydrogen-bond acceptors (Lipinski definition) is 7. The normalized spacial score (nSPS) is 15.1. The van der Waals surface area contributed by atoms with Crippen molar-refractivity contribution in [3.63, 3.8) is 0 Å². The fraction of sp³-hybridized carbons (Fsp3) is 0.280. The van der Waals surface area contributed by atoms with Crippen molar-refractivity contribution >= 4 is 52.2 Å². The van der Waals surface area contributed by atoms with Crippen LogP contribution in [0.15, 0.2) is 42.5 Å². The number of nitrogens with one attached hydrogen (secondary N) is 2. The number of aromatic nitrogens is 2. The third-order valence-corrected chi connectivity index (χ3v) is 6.94. The van der Waals surface area contributed by atoms with Crippen LogP contribution in [0, 0.1) is 5.82 Å². The van der Waals surface area contributed by atoms with Gasteiger partial charge in [0.05, 0.1) is 23.9 Å². The Morgan fingerprint density at radius 1 is 1.08 bits per heavy atom. The maximum Gasteiger partial charge on any atom is 0.276 e. The molecular weight excluding hydrogens is 522 g/mol. The fourth-order valence-corrected chi connectivity index (χ4v) is 4.72. The molecule has 2 amide bonds. The Balaban J connectivity index is 1.34. The molecule has 1 saturated heterocycles. The smallest absolute Gasteiger partial charge is 0.276 e. The highest BCUT2D eigenvalue weighted by Gasteiger charge is 2.24. The van der Waals surface area contributed by atoms with Gasteiger partial charge < -0.3 is 25.2 Å². The molecule has 0 atom stereocenters. The van der Waals surface area contributed by atoms with Crippen LogP contribution in [-0.2, 0) is 11.3 Å². The van der Waals surface area contributed by atoms with Gasteiger partial charge in [-0.2, -0.15) is 0 Å². The number of halogens is 3. The van der Waals surface area contributed by atoms with Crippen molar-refractivity contribution in [3.05, 3.63) is 75.1 Å². The van der Waals surface area contributed by atoms with Crippen LogP contribution in [0.5, 0.6) is 0 Å². The lowest BCUT2D eigenvalue weighted by Crippen LogP contribution is -2.40. The summed E-state index contributed by atoms with van der Waals surface area (Å²) in [5, 5.41) is 14.5. The Morgan fingerprint density at radius 3 is 2.70 bits per heavy atom. The van der Waals surface area contributed by atoms with Crippen LogP contribution >= 0.6 is 23.2 Å². The van der Waals surface area contributed by atoms with E-state index in [-0.39, 0.29) is 23.2 Å². The van der Waals surface area contributed by atoms with Crippen LogP contribution in [0.2, 0.25) is 10.0 Å². The van der Waals surface area contributed by atoms with E-state index in [0.29, 0.717) is 72.7 Å². The molecule has 0 unspecified atom stereocenters. The number of fused-ring (bicyclic) bond motifs is 1. The molecule has 9 nitrogen and oxygen atoms in total. The lowest BCUT2D eigenvalue weighted by molar-refractivity contribution is 0.0303.